The summed E-state index contributed by atoms with van der Waals surface area (Å²) >= 11 is 0. The predicted molar refractivity (Wildman–Crippen MR) is 76.2 cm³/mol. The van der Waals surface area contributed by atoms with Gasteiger partial charge in [-0.2, -0.15) is 0 Å². The number of unbranched alkanes of at least 4 members (excludes halogenated alkanes) is 4. The standard InChI is InChI=1S/C15H32N2/c1-4-5-6-7-8-11-14(16)15(2,3)17-12-9-10-13-17/h14H,4-13,16H2,1-3H3. The first kappa shape index (κ1) is 15.0. The highest BCUT2D eigenvalue weighted by Gasteiger charge is 2.33. The Labute approximate surface area is 108 Å². The lowest BCUT2D eigenvalue weighted by atomic mass is 9.89. The first-order valence-corrected chi connectivity index (χ1v) is 7.59. The summed E-state index contributed by atoms with van der Waals surface area (Å²) in [4.78, 5) is 2.59. The summed E-state index contributed by atoms with van der Waals surface area (Å²) in [5.41, 5.74) is 6.60. The molecule has 1 atom stereocenters. The van der Waals surface area contributed by atoms with Crippen molar-refractivity contribution in [2.24, 2.45) is 5.73 Å². The van der Waals surface area contributed by atoms with Crippen molar-refractivity contribution in [3.8, 4) is 0 Å². The van der Waals surface area contributed by atoms with Crippen LogP contribution in [0.15, 0.2) is 0 Å². The van der Waals surface area contributed by atoms with Crippen LogP contribution in [0.5, 0.6) is 0 Å². The maximum atomic E-state index is 6.40. The number of nitrogens with two attached hydrogens (primary N) is 1. The van der Waals surface area contributed by atoms with E-state index < -0.39 is 0 Å². The van der Waals surface area contributed by atoms with E-state index >= 15 is 0 Å². The van der Waals surface area contributed by atoms with Gasteiger partial charge in [0.15, 0.2) is 0 Å². The van der Waals surface area contributed by atoms with Crippen molar-refractivity contribution in [3.63, 3.8) is 0 Å². The highest BCUT2D eigenvalue weighted by atomic mass is 15.2. The minimum absolute atomic E-state index is 0.196. The summed E-state index contributed by atoms with van der Waals surface area (Å²) in [6, 6.07) is 0.335. The van der Waals surface area contributed by atoms with E-state index in [1.807, 2.05) is 0 Å². The smallest absolute Gasteiger partial charge is 0.0304 e. The lowest BCUT2D eigenvalue weighted by molar-refractivity contribution is 0.118. The molecule has 1 heterocycles. The van der Waals surface area contributed by atoms with Crippen LogP contribution >= 0.6 is 0 Å². The van der Waals surface area contributed by atoms with Gasteiger partial charge in [-0.15, -0.1) is 0 Å². The molecule has 2 nitrogen and oxygen atoms in total. The van der Waals surface area contributed by atoms with Crippen LogP contribution in [0.2, 0.25) is 0 Å². The van der Waals surface area contributed by atoms with Crippen LogP contribution in [-0.4, -0.2) is 29.6 Å². The lowest BCUT2D eigenvalue weighted by Gasteiger charge is -2.40. The molecule has 0 radical (unpaired) electrons. The van der Waals surface area contributed by atoms with E-state index in [9.17, 15) is 0 Å². The molecule has 0 bridgehead atoms. The molecule has 1 rings (SSSR count). The fourth-order valence-corrected chi connectivity index (χ4v) is 2.85. The maximum Gasteiger partial charge on any atom is 0.0304 e. The molecule has 0 spiro atoms. The van der Waals surface area contributed by atoms with Gasteiger partial charge in [-0.25, -0.2) is 0 Å². The number of hydrogen-bond donors (Lipinski definition) is 1. The molecule has 1 unspecified atom stereocenters. The van der Waals surface area contributed by atoms with Crippen molar-refractivity contribution in [2.75, 3.05) is 13.1 Å². The Morgan fingerprint density at radius 1 is 1.06 bits per heavy atom. The molecular formula is C15H32N2. The Hall–Kier alpha value is -0.0800. The van der Waals surface area contributed by atoms with Crippen LogP contribution < -0.4 is 5.73 Å². The zero-order chi connectivity index (χ0) is 12.7. The molecule has 1 saturated heterocycles. The zero-order valence-electron chi connectivity index (χ0n) is 12.2. The lowest BCUT2D eigenvalue weighted by Crippen LogP contribution is -2.55. The van der Waals surface area contributed by atoms with Crippen LogP contribution in [0.4, 0.5) is 0 Å². The molecule has 0 aromatic rings. The van der Waals surface area contributed by atoms with Gasteiger partial charge in [-0.05, 0) is 46.2 Å². The quantitative estimate of drug-likeness (QED) is 0.657. The Kier molecular flexibility index (Phi) is 6.50. The first-order valence-electron chi connectivity index (χ1n) is 7.59. The Morgan fingerprint density at radius 3 is 2.24 bits per heavy atom. The van der Waals surface area contributed by atoms with Crippen molar-refractivity contribution in [2.45, 2.75) is 83.7 Å². The molecule has 1 fully saturated rings. The number of hydrogen-bond acceptors (Lipinski definition) is 2. The topological polar surface area (TPSA) is 29.3 Å². The van der Waals surface area contributed by atoms with Crippen molar-refractivity contribution in [1.82, 2.24) is 4.90 Å². The molecule has 2 N–H and O–H groups in total. The third-order valence-corrected chi connectivity index (χ3v) is 4.45. The van der Waals surface area contributed by atoms with Crippen molar-refractivity contribution < 1.29 is 0 Å². The SMILES string of the molecule is CCCCCCCC(N)C(C)(C)N1CCCC1. The van der Waals surface area contributed by atoms with Gasteiger partial charge < -0.3 is 5.73 Å². The van der Waals surface area contributed by atoms with Gasteiger partial charge in [0.05, 0.1) is 0 Å². The van der Waals surface area contributed by atoms with Gasteiger partial charge >= 0.3 is 0 Å². The van der Waals surface area contributed by atoms with E-state index in [2.05, 4.69) is 25.7 Å². The van der Waals surface area contributed by atoms with E-state index in [0.717, 1.165) is 0 Å². The monoisotopic (exact) mass is 240 g/mol. The summed E-state index contributed by atoms with van der Waals surface area (Å²) in [6.07, 6.45) is 10.6. The molecule has 0 aliphatic carbocycles. The molecule has 0 saturated carbocycles. The number of nitrogens with zero attached hydrogens (tertiary/aromatic N) is 1. The van der Waals surface area contributed by atoms with E-state index in [4.69, 9.17) is 5.73 Å². The summed E-state index contributed by atoms with van der Waals surface area (Å²) < 4.78 is 0. The highest BCUT2D eigenvalue weighted by Crippen LogP contribution is 2.25. The molecule has 0 aromatic heterocycles. The number of rotatable bonds is 8. The van der Waals surface area contributed by atoms with Crippen LogP contribution in [0.25, 0.3) is 0 Å². The van der Waals surface area contributed by atoms with E-state index in [-0.39, 0.29) is 5.54 Å². The van der Waals surface area contributed by atoms with Gasteiger partial charge in [0.1, 0.15) is 0 Å². The molecule has 102 valence electrons. The molecule has 0 aromatic carbocycles. The van der Waals surface area contributed by atoms with Gasteiger partial charge in [0.25, 0.3) is 0 Å². The van der Waals surface area contributed by atoms with Crippen molar-refractivity contribution >= 4 is 0 Å². The average Bonchev–Trinajstić information content (AvgIpc) is 2.82. The molecule has 0 amide bonds. The van der Waals surface area contributed by atoms with Crippen LogP contribution in [0, 0.1) is 0 Å². The van der Waals surface area contributed by atoms with Crippen LogP contribution in [-0.2, 0) is 0 Å². The van der Waals surface area contributed by atoms with Gasteiger partial charge in [-0.3, -0.25) is 4.90 Å². The summed E-state index contributed by atoms with van der Waals surface area (Å²) in [7, 11) is 0. The largest absolute Gasteiger partial charge is 0.326 e. The predicted octanol–water partition coefficient (Wildman–Crippen LogP) is 3.55. The average molecular weight is 240 g/mol. The molecule has 1 aliphatic heterocycles. The van der Waals surface area contributed by atoms with E-state index in [1.54, 1.807) is 0 Å². The third kappa shape index (κ3) is 4.59. The Morgan fingerprint density at radius 2 is 1.65 bits per heavy atom. The zero-order valence-corrected chi connectivity index (χ0v) is 12.2. The van der Waals surface area contributed by atoms with Crippen LogP contribution in [0.1, 0.15) is 72.1 Å². The van der Waals surface area contributed by atoms with Crippen LogP contribution in [0.3, 0.4) is 0 Å². The minimum atomic E-state index is 0.196. The van der Waals surface area contributed by atoms with Gasteiger partial charge in [0, 0.05) is 11.6 Å². The highest BCUT2D eigenvalue weighted by molar-refractivity contribution is 4.93. The second kappa shape index (κ2) is 7.38. The van der Waals surface area contributed by atoms with E-state index in [1.165, 1.54) is 64.5 Å². The Balaban J connectivity index is 2.22. The minimum Gasteiger partial charge on any atom is -0.326 e. The van der Waals surface area contributed by atoms with E-state index in [0.29, 0.717) is 6.04 Å². The third-order valence-electron chi connectivity index (χ3n) is 4.45. The van der Waals surface area contributed by atoms with Crippen molar-refractivity contribution in [3.05, 3.63) is 0 Å². The van der Waals surface area contributed by atoms with Gasteiger partial charge in [0.2, 0.25) is 0 Å². The second-order valence-electron chi connectivity index (χ2n) is 6.16. The summed E-state index contributed by atoms with van der Waals surface area (Å²) in [5, 5.41) is 0. The second-order valence-corrected chi connectivity index (χ2v) is 6.16. The Bertz CT molecular complexity index is 195. The fourth-order valence-electron chi connectivity index (χ4n) is 2.85. The first-order chi connectivity index (χ1) is 8.09. The summed E-state index contributed by atoms with van der Waals surface area (Å²) in [5.74, 6) is 0. The normalized spacial score (nSPS) is 19.8. The van der Waals surface area contributed by atoms with Crippen molar-refractivity contribution in [1.29, 1.82) is 0 Å². The maximum absolute atomic E-state index is 6.40. The number of likely N-dealkylation sites (tertiary alicyclic amines) is 1. The molecular weight excluding hydrogens is 208 g/mol. The van der Waals surface area contributed by atoms with Gasteiger partial charge in [-0.1, -0.05) is 39.0 Å². The molecule has 17 heavy (non-hydrogen) atoms. The fraction of sp³-hybridized carbons (Fsp3) is 1.00. The molecule has 1 aliphatic rings. The molecule has 2 heteroatoms. The summed E-state index contributed by atoms with van der Waals surface area (Å²) in [6.45, 7) is 9.42.